The van der Waals surface area contributed by atoms with Crippen molar-refractivity contribution in [3.8, 4) is 5.75 Å². The van der Waals surface area contributed by atoms with Gasteiger partial charge in [-0.2, -0.15) is 4.31 Å². The van der Waals surface area contributed by atoms with E-state index in [-0.39, 0.29) is 29.2 Å². The third-order valence-electron chi connectivity index (χ3n) is 4.64. The fraction of sp³-hybridized carbons (Fsp3) is 0.381. The molecule has 2 rings (SSSR count). The van der Waals surface area contributed by atoms with Crippen LogP contribution in [0.2, 0.25) is 0 Å². The van der Waals surface area contributed by atoms with E-state index in [9.17, 15) is 23.3 Å². The number of ether oxygens (including phenoxy) is 1. The summed E-state index contributed by atoms with van der Waals surface area (Å²) in [5.74, 6) is -0.0413. The van der Waals surface area contributed by atoms with Gasteiger partial charge >= 0.3 is 0 Å². The van der Waals surface area contributed by atoms with Gasteiger partial charge in [0, 0.05) is 32.1 Å². The van der Waals surface area contributed by atoms with E-state index in [1.54, 1.807) is 39.0 Å². The summed E-state index contributed by atoms with van der Waals surface area (Å²) in [7, 11) is -3.71. The molecule has 0 saturated heterocycles. The van der Waals surface area contributed by atoms with Gasteiger partial charge in [0.1, 0.15) is 11.4 Å². The Balaban J connectivity index is 2.14. The summed E-state index contributed by atoms with van der Waals surface area (Å²) >= 11 is 0. The van der Waals surface area contributed by atoms with Gasteiger partial charge < -0.3 is 15.4 Å². The van der Waals surface area contributed by atoms with Crippen molar-refractivity contribution in [3.05, 3.63) is 52.6 Å². The van der Waals surface area contributed by atoms with E-state index in [2.05, 4.69) is 10.6 Å². The van der Waals surface area contributed by atoms with Gasteiger partial charge in [-0.15, -0.1) is 0 Å². The Labute approximate surface area is 187 Å². The van der Waals surface area contributed by atoms with Gasteiger partial charge in [0.25, 0.3) is 5.69 Å². The van der Waals surface area contributed by atoms with Gasteiger partial charge in [-0.25, -0.2) is 8.42 Å². The zero-order chi connectivity index (χ0) is 23.7. The molecule has 0 fully saturated rings. The molecule has 0 atom stereocenters. The molecule has 2 N–H and O–H groups in total. The van der Waals surface area contributed by atoms with Gasteiger partial charge in [0.15, 0.2) is 0 Å². The molecule has 1 amide bonds. The predicted octanol–water partition coefficient (Wildman–Crippen LogP) is 3.46. The third-order valence-corrected chi connectivity index (χ3v) is 6.68. The maximum atomic E-state index is 12.8. The van der Waals surface area contributed by atoms with Crippen LogP contribution in [-0.2, 0) is 14.8 Å². The summed E-state index contributed by atoms with van der Waals surface area (Å²) in [6.07, 6.45) is 0.00460. The van der Waals surface area contributed by atoms with Crippen LogP contribution in [0.1, 0.15) is 27.2 Å². The molecule has 0 aliphatic rings. The van der Waals surface area contributed by atoms with E-state index in [0.717, 1.165) is 0 Å². The maximum absolute atomic E-state index is 12.8. The second kappa shape index (κ2) is 11.4. The molecule has 174 valence electrons. The highest BCUT2D eigenvalue weighted by atomic mass is 32.2. The molecule has 0 spiro atoms. The first-order chi connectivity index (χ1) is 15.2. The number of nitro benzene ring substituents is 1. The Kier molecular flexibility index (Phi) is 8.97. The second-order valence-electron chi connectivity index (χ2n) is 6.68. The van der Waals surface area contributed by atoms with E-state index in [0.29, 0.717) is 31.1 Å². The van der Waals surface area contributed by atoms with Crippen molar-refractivity contribution in [2.45, 2.75) is 32.1 Å². The summed E-state index contributed by atoms with van der Waals surface area (Å²) in [6.45, 7) is 6.42. The third kappa shape index (κ3) is 6.17. The SMILES string of the molecule is CCOc1ccc(S(=O)(=O)N(CC)CC)cc1NC(=O)CCNc1ccccc1[N+](=O)[O-]. The summed E-state index contributed by atoms with van der Waals surface area (Å²) in [4.78, 5) is 23.1. The number of rotatable bonds is 12. The molecule has 0 radical (unpaired) electrons. The molecule has 2 aromatic carbocycles. The van der Waals surface area contributed by atoms with Crippen molar-refractivity contribution in [1.29, 1.82) is 0 Å². The highest BCUT2D eigenvalue weighted by Crippen LogP contribution is 2.29. The standard InChI is InChI=1S/C21H28N4O6S/c1-4-24(5-2)32(29,30)16-11-12-20(31-6-3)18(15-16)23-21(26)13-14-22-17-9-7-8-10-19(17)25(27)28/h7-12,15,22H,4-6,13-14H2,1-3H3,(H,23,26). The quantitative estimate of drug-likeness (QED) is 0.363. The maximum Gasteiger partial charge on any atom is 0.292 e. The number of nitro groups is 1. The van der Waals surface area contributed by atoms with Crippen molar-refractivity contribution in [1.82, 2.24) is 4.31 Å². The molecule has 0 saturated carbocycles. The second-order valence-corrected chi connectivity index (χ2v) is 8.62. The molecular weight excluding hydrogens is 436 g/mol. The number of amides is 1. The van der Waals surface area contributed by atoms with E-state index in [1.807, 2.05) is 0 Å². The molecule has 11 heteroatoms. The Bertz CT molecular complexity index is 1050. The number of nitrogens with zero attached hydrogens (tertiary/aromatic N) is 2. The average Bonchev–Trinajstić information content (AvgIpc) is 2.76. The summed E-state index contributed by atoms with van der Waals surface area (Å²) in [6, 6.07) is 10.5. The normalized spacial score (nSPS) is 11.2. The minimum Gasteiger partial charge on any atom is -0.492 e. The highest BCUT2D eigenvalue weighted by molar-refractivity contribution is 7.89. The number of para-hydroxylation sites is 2. The van der Waals surface area contributed by atoms with Crippen molar-refractivity contribution in [2.24, 2.45) is 0 Å². The average molecular weight is 465 g/mol. The van der Waals surface area contributed by atoms with E-state index < -0.39 is 20.9 Å². The van der Waals surface area contributed by atoms with Crippen LogP contribution in [0.5, 0.6) is 5.75 Å². The van der Waals surface area contributed by atoms with Gasteiger partial charge in [0.05, 0.1) is 22.1 Å². The van der Waals surface area contributed by atoms with Crippen LogP contribution in [0, 0.1) is 10.1 Å². The van der Waals surface area contributed by atoms with Gasteiger partial charge in [0.2, 0.25) is 15.9 Å². The lowest BCUT2D eigenvalue weighted by atomic mass is 10.2. The van der Waals surface area contributed by atoms with Crippen LogP contribution in [0.4, 0.5) is 17.1 Å². The number of nitrogens with one attached hydrogen (secondary N) is 2. The molecular formula is C21H28N4O6S. The van der Waals surface area contributed by atoms with Crippen LogP contribution >= 0.6 is 0 Å². The van der Waals surface area contributed by atoms with Gasteiger partial charge in [-0.05, 0) is 31.2 Å². The number of carbonyl (C=O) groups is 1. The van der Waals surface area contributed by atoms with Crippen molar-refractivity contribution in [3.63, 3.8) is 0 Å². The number of carbonyl (C=O) groups excluding carboxylic acids is 1. The molecule has 0 aliphatic carbocycles. The van der Waals surface area contributed by atoms with Crippen LogP contribution in [0.25, 0.3) is 0 Å². The Morgan fingerprint density at radius 2 is 1.78 bits per heavy atom. The van der Waals surface area contributed by atoms with E-state index in [4.69, 9.17) is 4.74 Å². The first-order valence-electron chi connectivity index (χ1n) is 10.3. The Morgan fingerprint density at radius 3 is 2.41 bits per heavy atom. The van der Waals surface area contributed by atoms with Crippen LogP contribution in [-0.4, -0.2) is 49.8 Å². The zero-order valence-electron chi connectivity index (χ0n) is 18.3. The van der Waals surface area contributed by atoms with Crippen LogP contribution in [0.15, 0.2) is 47.4 Å². The number of hydrogen-bond donors (Lipinski definition) is 2. The fourth-order valence-corrected chi connectivity index (χ4v) is 4.55. The lowest BCUT2D eigenvalue weighted by molar-refractivity contribution is -0.384. The highest BCUT2D eigenvalue weighted by Gasteiger charge is 2.23. The van der Waals surface area contributed by atoms with Gasteiger partial charge in [-0.3, -0.25) is 14.9 Å². The predicted molar refractivity (Wildman–Crippen MR) is 123 cm³/mol. The van der Waals surface area contributed by atoms with Crippen molar-refractivity contribution >= 4 is 33.0 Å². The Morgan fingerprint density at radius 1 is 1.09 bits per heavy atom. The minimum absolute atomic E-state index is 0.00460. The minimum atomic E-state index is -3.71. The number of hydrogen-bond acceptors (Lipinski definition) is 7. The fourth-order valence-electron chi connectivity index (χ4n) is 3.07. The smallest absolute Gasteiger partial charge is 0.292 e. The summed E-state index contributed by atoms with van der Waals surface area (Å²) in [5.41, 5.74) is 0.476. The number of benzene rings is 2. The van der Waals surface area contributed by atoms with Crippen LogP contribution < -0.4 is 15.4 Å². The number of sulfonamides is 1. The van der Waals surface area contributed by atoms with Crippen molar-refractivity contribution in [2.75, 3.05) is 36.9 Å². The summed E-state index contributed by atoms with van der Waals surface area (Å²) < 4.78 is 32.5. The molecule has 10 nitrogen and oxygen atoms in total. The molecule has 0 bridgehead atoms. The van der Waals surface area contributed by atoms with E-state index >= 15 is 0 Å². The molecule has 32 heavy (non-hydrogen) atoms. The molecule has 2 aromatic rings. The lowest BCUT2D eigenvalue weighted by Crippen LogP contribution is -2.30. The molecule has 0 unspecified atom stereocenters. The zero-order valence-corrected chi connectivity index (χ0v) is 19.1. The van der Waals surface area contributed by atoms with Crippen molar-refractivity contribution < 1.29 is 22.9 Å². The topological polar surface area (TPSA) is 131 Å². The number of anilines is 2. The monoisotopic (exact) mass is 464 g/mol. The van der Waals surface area contributed by atoms with Gasteiger partial charge in [-0.1, -0.05) is 26.0 Å². The Hall–Kier alpha value is -3.18. The molecule has 0 aromatic heterocycles. The first kappa shape index (κ1) is 25.1. The van der Waals surface area contributed by atoms with E-state index in [1.165, 1.54) is 28.6 Å². The van der Waals surface area contributed by atoms with Crippen LogP contribution in [0.3, 0.4) is 0 Å². The molecule has 0 aliphatic heterocycles. The first-order valence-corrected chi connectivity index (χ1v) is 11.7. The lowest BCUT2D eigenvalue weighted by Gasteiger charge is -2.20. The largest absolute Gasteiger partial charge is 0.492 e. The molecule has 0 heterocycles. The summed E-state index contributed by atoms with van der Waals surface area (Å²) in [5, 5.41) is 16.6.